The van der Waals surface area contributed by atoms with Crippen molar-refractivity contribution in [2.75, 3.05) is 32.1 Å². The number of esters is 1. The fraction of sp³-hybridized carbons (Fsp3) is 0.545. The zero-order valence-electron chi connectivity index (χ0n) is 28.6. The molecule has 2 aromatic rings. The van der Waals surface area contributed by atoms with Crippen molar-refractivity contribution >= 4 is 46.1 Å². The number of carbonyl (C=O) groups is 5. The molecule has 14 heteroatoms. The Morgan fingerprint density at radius 2 is 1.55 bits per heavy atom. The first kappa shape index (κ1) is 39.0. The molecule has 1 heterocycles. The van der Waals surface area contributed by atoms with Crippen LogP contribution in [0.15, 0.2) is 24.3 Å². The van der Waals surface area contributed by atoms with Gasteiger partial charge in [0.25, 0.3) is 5.91 Å². The van der Waals surface area contributed by atoms with Crippen LogP contribution in [0.4, 0.5) is 14.2 Å². The summed E-state index contributed by atoms with van der Waals surface area (Å²) < 4.78 is 23.6. The van der Waals surface area contributed by atoms with E-state index in [1.54, 1.807) is 53.7 Å². The van der Waals surface area contributed by atoms with Crippen LogP contribution >= 0.6 is 11.3 Å². The molecule has 0 saturated heterocycles. The fourth-order valence-corrected chi connectivity index (χ4v) is 5.70. The molecule has 0 radical (unpaired) electrons. The third-order valence-electron chi connectivity index (χ3n) is 7.17. The number of rotatable bonds is 15. The highest BCUT2D eigenvalue weighted by atomic mass is 32.1. The maximum absolute atomic E-state index is 13.4. The van der Waals surface area contributed by atoms with Crippen molar-refractivity contribution in [1.29, 1.82) is 0 Å². The number of thiophene rings is 1. The zero-order chi connectivity index (χ0) is 35.5. The molecule has 5 N–H and O–H groups in total. The molecular formula is C33H48FN5O7S. The number of anilines is 1. The quantitative estimate of drug-likeness (QED) is 0.136. The molecule has 0 saturated carbocycles. The summed E-state index contributed by atoms with van der Waals surface area (Å²) in [5.74, 6) is -2.59. The van der Waals surface area contributed by atoms with Crippen LogP contribution in [-0.2, 0) is 19.1 Å². The number of alkyl carbamates (subject to hydrolysis) is 1. The van der Waals surface area contributed by atoms with Crippen LogP contribution in [0.1, 0.15) is 92.0 Å². The zero-order valence-corrected chi connectivity index (χ0v) is 29.4. The van der Waals surface area contributed by atoms with Gasteiger partial charge in [0.2, 0.25) is 11.8 Å². The molecule has 3 atom stereocenters. The molecule has 0 aliphatic carbocycles. The molecule has 1 unspecified atom stereocenters. The Kier molecular flexibility index (Phi) is 14.6. The Morgan fingerprint density at radius 3 is 2.11 bits per heavy atom. The summed E-state index contributed by atoms with van der Waals surface area (Å²) in [6.07, 6.45) is 0.0241. The lowest BCUT2D eigenvalue weighted by molar-refractivity contribution is -0.130. The summed E-state index contributed by atoms with van der Waals surface area (Å²) in [5.41, 5.74) is 0.924. The van der Waals surface area contributed by atoms with Crippen LogP contribution in [0.5, 0.6) is 0 Å². The van der Waals surface area contributed by atoms with Crippen molar-refractivity contribution in [1.82, 2.24) is 21.3 Å². The molecule has 0 fully saturated rings. The van der Waals surface area contributed by atoms with Crippen LogP contribution < -0.4 is 26.6 Å². The smallest absolute Gasteiger partial charge is 0.408 e. The van der Waals surface area contributed by atoms with E-state index in [2.05, 4.69) is 26.6 Å². The van der Waals surface area contributed by atoms with Crippen molar-refractivity contribution in [3.05, 3.63) is 51.7 Å². The second kappa shape index (κ2) is 17.6. The lowest BCUT2D eigenvalue weighted by Gasteiger charge is -2.26. The number of carbonyl (C=O) groups excluding carboxylic acids is 5. The summed E-state index contributed by atoms with van der Waals surface area (Å²) >= 11 is 1.12. The van der Waals surface area contributed by atoms with Gasteiger partial charge in [0, 0.05) is 25.6 Å². The predicted molar refractivity (Wildman–Crippen MR) is 179 cm³/mol. The first-order valence-electron chi connectivity index (χ1n) is 15.6. The van der Waals surface area contributed by atoms with Gasteiger partial charge < -0.3 is 36.1 Å². The first-order chi connectivity index (χ1) is 22.0. The number of hydrogen-bond acceptors (Lipinski definition) is 9. The van der Waals surface area contributed by atoms with Crippen molar-refractivity contribution in [3.8, 4) is 0 Å². The standard InChI is InChI=1S/C33H48FN5O7S/c1-10-21(22-11-13-23(34)14-12-22)17-37-30-24(31(43)45-9)19(4)26(47-30)29(42)36-16-15-35-27(40)20(5)38-28(41)25(18(2)3)39-32(44)46-33(6,7)8/h11-14,18,20-21,25,37H,10,15-17H2,1-9H3,(H,35,40)(H,36,42)(H,38,41)(H,39,44)/t20-,21?,25-/m0/s1. The molecule has 260 valence electrons. The number of nitrogens with one attached hydrogen (secondary N) is 5. The Balaban J connectivity index is 1.97. The molecule has 1 aromatic heterocycles. The summed E-state index contributed by atoms with van der Waals surface area (Å²) in [7, 11) is 1.27. The number of benzene rings is 1. The molecule has 0 bridgehead atoms. The van der Waals surface area contributed by atoms with Gasteiger partial charge in [0.1, 0.15) is 28.5 Å². The van der Waals surface area contributed by atoms with E-state index in [0.29, 0.717) is 22.0 Å². The molecule has 2 rings (SSSR count). The summed E-state index contributed by atoms with van der Waals surface area (Å²) in [6, 6.07) is 4.43. The maximum Gasteiger partial charge on any atom is 0.408 e. The average molecular weight is 678 g/mol. The molecule has 0 spiro atoms. The van der Waals surface area contributed by atoms with Gasteiger partial charge in [0.05, 0.1) is 17.6 Å². The molecule has 12 nitrogen and oxygen atoms in total. The number of hydrogen-bond donors (Lipinski definition) is 5. The Hall–Kier alpha value is -4.20. The van der Waals surface area contributed by atoms with Crippen LogP contribution in [-0.4, -0.2) is 74.2 Å². The topological polar surface area (TPSA) is 164 Å². The number of methoxy groups -OCH3 is 1. The normalized spacial score (nSPS) is 13.2. The molecular weight excluding hydrogens is 629 g/mol. The number of halogens is 1. The van der Waals surface area contributed by atoms with E-state index in [9.17, 15) is 28.4 Å². The maximum atomic E-state index is 13.4. The highest BCUT2D eigenvalue weighted by molar-refractivity contribution is 7.18. The van der Waals surface area contributed by atoms with Gasteiger partial charge in [-0.25, -0.2) is 14.0 Å². The monoisotopic (exact) mass is 677 g/mol. The highest BCUT2D eigenvalue weighted by Crippen LogP contribution is 2.34. The van der Waals surface area contributed by atoms with E-state index in [1.807, 2.05) is 6.92 Å². The van der Waals surface area contributed by atoms with Crippen LogP contribution in [0.25, 0.3) is 0 Å². The molecule has 47 heavy (non-hydrogen) atoms. The highest BCUT2D eigenvalue weighted by Gasteiger charge is 2.29. The second-order valence-corrected chi connectivity index (χ2v) is 13.5. The third kappa shape index (κ3) is 11.8. The average Bonchev–Trinajstić information content (AvgIpc) is 3.33. The van der Waals surface area contributed by atoms with E-state index < -0.39 is 47.5 Å². The second-order valence-electron chi connectivity index (χ2n) is 12.4. The summed E-state index contributed by atoms with van der Waals surface area (Å²) in [4.78, 5) is 63.7. The summed E-state index contributed by atoms with van der Waals surface area (Å²) in [6.45, 7) is 14.4. The molecule has 0 aliphatic rings. The van der Waals surface area contributed by atoms with Gasteiger partial charge in [-0.15, -0.1) is 11.3 Å². The lowest BCUT2D eigenvalue weighted by Crippen LogP contribution is -2.55. The SMILES string of the molecule is CCC(CNc1sc(C(=O)NCCNC(=O)[C@H](C)NC(=O)[C@@H](NC(=O)OC(C)(C)C)C(C)C)c(C)c1C(=O)OC)c1ccc(F)cc1. The van der Waals surface area contributed by atoms with Crippen LogP contribution in [0.3, 0.4) is 0 Å². The summed E-state index contributed by atoms with van der Waals surface area (Å²) in [5, 5.41) is 14.3. The van der Waals surface area contributed by atoms with Gasteiger partial charge in [0.15, 0.2) is 0 Å². The van der Waals surface area contributed by atoms with Crippen LogP contribution in [0, 0.1) is 18.7 Å². The number of amides is 4. The lowest BCUT2D eigenvalue weighted by atomic mass is 9.96. The first-order valence-corrected chi connectivity index (χ1v) is 16.4. The van der Waals surface area contributed by atoms with Gasteiger partial charge in [-0.1, -0.05) is 32.9 Å². The van der Waals surface area contributed by atoms with Gasteiger partial charge >= 0.3 is 12.1 Å². The van der Waals surface area contributed by atoms with E-state index in [1.165, 1.54) is 26.2 Å². The fourth-order valence-electron chi connectivity index (χ4n) is 4.58. The third-order valence-corrected chi connectivity index (χ3v) is 8.42. The van der Waals surface area contributed by atoms with Gasteiger partial charge in [-0.3, -0.25) is 14.4 Å². The van der Waals surface area contributed by atoms with Crippen molar-refractivity contribution in [2.24, 2.45) is 5.92 Å². The van der Waals surface area contributed by atoms with E-state index >= 15 is 0 Å². The van der Waals surface area contributed by atoms with E-state index in [0.717, 1.165) is 23.3 Å². The minimum Gasteiger partial charge on any atom is -0.465 e. The minimum absolute atomic E-state index is 0.0362. The predicted octanol–water partition coefficient (Wildman–Crippen LogP) is 4.49. The molecule has 4 amide bonds. The molecule has 0 aliphatic heterocycles. The largest absolute Gasteiger partial charge is 0.465 e. The van der Waals surface area contributed by atoms with Gasteiger partial charge in [-0.05, 0) is 70.2 Å². The Morgan fingerprint density at radius 1 is 0.936 bits per heavy atom. The van der Waals surface area contributed by atoms with Gasteiger partial charge in [-0.2, -0.15) is 0 Å². The Bertz CT molecular complexity index is 1410. The van der Waals surface area contributed by atoms with Crippen molar-refractivity contribution in [3.63, 3.8) is 0 Å². The van der Waals surface area contributed by atoms with Crippen molar-refractivity contribution in [2.45, 2.75) is 85.4 Å². The Labute approximate surface area is 279 Å². The number of ether oxygens (including phenoxy) is 2. The van der Waals surface area contributed by atoms with E-state index in [-0.39, 0.29) is 36.3 Å². The van der Waals surface area contributed by atoms with Crippen molar-refractivity contribution < 1.29 is 37.8 Å². The van der Waals surface area contributed by atoms with Crippen LogP contribution in [0.2, 0.25) is 0 Å². The molecule has 1 aromatic carbocycles. The minimum atomic E-state index is -0.919. The van der Waals surface area contributed by atoms with E-state index in [4.69, 9.17) is 9.47 Å².